The molecule has 1 aromatic carbocycles. The number of carbonyl (C=O) groups excluding carboxylic acids is 1. The van der Waals surface area contributed by atoms with E-state index in [0.717, 1.165) is 40.9 Å². The van der Waals surface area contributed by atoms with Crippen LogP contribution in [0.1, 0.15) is 109 Å². The molecule has 1 saturated heterocycles. The molecular formula is C47H49FN10O5. The molecule has 9 heterocycles. The molecule has 3 atom stereocenters. The van der Waals surface area contributed by atoms with Crippen molar-refractivity contribution >= 4 is 17.5 Å². The van der Waals surface area contributed by atoms with E-state index < -0.39 is 17.2 Å². The minimum absolute atomic E-state index is 0.171. The van der Waals surface area contributed by atoms with Crippen molar-refractivity contribution < 1.29 is 18.4 Å². The number of ether oxygens (including phenoxy) is 1. The topological polar surface area (TPSA) is 155 Å². The quantitative estimate of drug-likeness (QED) is 0.184. The van der Waals surface area contributed by atoms with Crippen molar-refractivity contribution in [3.63, 3.8) is 0 Å². The third-order valence-corrected chi connectivity index (χ3v) is 14.3. The zero-order chi connectivity index (χ0) is 43.7. The van der Waals surface area contributed by atoms with Crippen molar-refractivity contribution in [2.45, 2.75) is 97.2 Å². The lowest BCUT2D eigenvalue weighted by Crippen LogP contribution is -2.42. The Hall–Kier alpha value is -6.55. The van der Waals surface area contributed by atoms with Crippen LogP contribution >= 0.6 is 0 Å². The standard InChI is InChI=1S/C47H49FN10O5/c1-27-19-32(20-28(2)39(27)48)58-40(57-17-16-56(44(57)61)31-8-14-53-26-49-23-33(53)21-31)37-29(3)55(15-9-35(37)51-58)41(59)34-24-54-25-46(6,30-10-18-62-45(4,5)22-30)11-7-36(54)38(34)47(12-13-47)42-50-43(60)63-52-42/h7-8,11,14,16-17,19-21,23-24,26,29-30H,9-10,12-13,15,18,22,25H2,1-6H3,(H,50,52,60)/t29-,30+,46?/m0/s1. The molecule has 4 aliphatic rings. The smallest absolute Gasteiger partial charge is 0.376 e. The maximum Gasteiger partial charge on any atom is 0.438 e. The zero-order valence-corrected chi connectivity index (χ0v) is 36.2. The van der Waals surface area contributed by atoms with Crippen LogP contribution in [-0.2, 0) is 23.1 Å². The molecule has 1 saturated carbocycles. The van der Waals surface area contributed by atoms with Crippen molar-refractivity contribution in [2.24, 2.45) is 11.3 Å². The summed E-state index contributed by atoms with van der Waals surface area (Å²) in [5, 5.41) is 9.30. The van der Waals surface area contributed by atoms with Crippen LogP contribution in [0.5, 0.6) is 0 Å². The number of benzene rings is 1. The van der Waals surface area contributed by atoms with Gasteiger partial charge in [0.05, 0.1) is 57.7 Å². The first-order valence-corrected chi connectivity index (χ1v) is 21.7. The van der Waals surface area contributed by atoms with Crippen LogP contribution in [0.15, 0.2) is 81.8 Å². The van der Waals surface area contributed by atoms with Crippen molar-refractivity contribution in [1.29, 1.82) is 0 Å². The molecule has 2 fully saturated rings. The maximum absolute atomic E-state index is 15.5. The number of aryl methyl sites for hydroxylation is 2. The number of hydrogen-bond acceptors (Lipinski definition) is 8. The van der Waals surface area contributed by atoms with Crippen molar-refractivity contribution in [1.82, 2.24) is 47.9 Å². The molecule has 63 heavy (non-hydrogen) atoms. The van der Waals surface area contributed by atoms with Crippen molar-refractivity contribution in [3.8, 4) is 17.2 Å². The number of carbonyl (C=O) groups is 1. The van der Waals surface area contributed by atoms with Gasteiger partial charge in [-0.2, -0.15) is 5.10 Å². The monoisotopic (exact) mass is 852 g/mol. The summed E-state index contributed by atoms with van der Waals surface area (Å²) in [5.74, 6) is 0.152. The SMILES string of the molecule is Cc1cc(-n2nc3c(c2-n2ccn(-c4ccn5cncc5c4)c2=O)[C@H](C)N(C(=O)c2cn4c(c2C2(c5noc(=O)[nH]5)CC2)C=CC(C)([C@@H]2CCOC(C)(C)C2)C4)CC3)cc(C)c1F. The Morgan fingerprint density at radius 1 is 1.02 bits per heavy atom. The summed E-state index contributed by atoms with van der Waals surface area (Å²) in [6.45, 7) is 13.7. The number of nitrogens with zero attached hydrogens (tertiary/aromatic N) is 9. The molecule has 0 spiro atoms. The van der Waals surface area contributed by atoms with E-state index in [1.807, 2.05) is 40.8 Å². The molecule has 6 aromatic heterocycles. The number of H-pyrrole nitrogens is 1. The van der Waals surface area contributed by atoms with Crippen LogP contribution < -0.4 is 11.4 Å². The highest BCUT2D eigenvalue weighted by molar-refractivity contribution is 5.98. The summed E-state index contributed by atoms with van der Waals surface area (Å²) in [7, 11) is 0. The second kappa shape index (κ2) is 13.7. The molecule has 3 aliphatic heterocycles. The van der Waals surface area contributed by atoms with Gasteiger partial charge in [-0.1, -0.05) is 18.2 Å². The lowest BCUT2D eigenvalue weighted by atomic mass is 9.68. The molecule has 0 bridgehead atoms. The first-order valence-electron chi connectivity index (χ1n) is 21.7. The summed E-state index contributed by atoms with van der Waals surface area (Å²) < 4.78 is 35.2. The van der Waals surface area contributed by atoms with Gasteiger partial charge in [-0.05, 0) is 108 Å². The number of pyridine rings is 1. The number of halogens is 1. The Balaban J connectivity index is 1.03. The molecule has 15 nitrogen and oxygen atoms in total. The lowest BCUT2D eigenvalue weighted by Gasteiger charge is -2.45. The van der Waals surface area contributed by atoms with Gasteiger partial charge in [0.2, 0.25) is 0 Å². The summed E-state index contributed by atoms with van der Waals surface area (Å²) in [6.07, 6.45) is 18.8. The molecular weight excluding hydrogens is 804 g/mol. The van der Waals surface area contributed by atoms with Crippen LogP contribution in [0.4, 0.5) is 4.39 Å². The van der Waals surface area contributed by atoms with E-state index in [-0.39, 0.29) is 28.4 Å². The number of aromatic nitrogens is 9. The number of nitrogens with one attached hydrogen (secondary N) is 1. The number of fused-ring (bicyclic) bond motifs is 3. The predicted octanol–water partition coefficient (Wildman–Crippen LogP) is 6.77. The van der Waals surface area contributed by atoms with Crippen molar-refractivity contribution in [3.05, 3.63) is 140 Å². The fourth-order valence-electron chi connectivity index (χ4n) is 10.8. The normalized spacial score (nSPS) is 22.4. The Bertz CT molecular complexity index is 3140. The molecule has 324 valence electrons. The average molecular weight is 853 g/mol. The Morgan fingerprint density at radius 3 is 2.52 bits per heavy atom. The summed E-state index contributed by atoms with van der Waals surface area (Å²) >= 11 is 0. The molecule has 7 aromatic rings. The van der Waals surface area contributed by atoms with Gasteiger partial charge in [0.15, 0.2) is 5.82 Å². The second-order valence-corrected chi connectivity index (χ2v) is 18.9. The first kappa shape index (κ1) is 39.3. The highest BCUT2D eigenvalue weighted by Gasteiger charge is 2.55. The summed E-state index contributed by atoms with van der Waals surface area (Å²) in [6, 6.07) is 6.67. The minimum Gasteiger partial charge on any atom is -0.376 e. The van der Waals surface area contributed by atoms with Gasteiger partial charge < -0.3 is 18.6 Å². The Morgan fingerprint density at radius 2 is 1.79 bits per heavy atom. The molecule has 1 N–H and O–H groups in total. The van der Waals surface area contributed by atoms with Gasteiger partial charge in [-0.3, -0.25) is 23.4 Å². The summed E-state index contributed by atoms with van der Waals surface area (Å²) in [5.41, 5.74) is 5.30. The van der Waals surface area contributed by atoms with E-state index in [0.29, 0.717) is 84.6 Å². The largest absolute Gasteiger partial charge is 0.438 e. The van der Waals surface area contributed by atoms with Crippen LogP contribution in [-0.4, -0.2) is 72.6 Å². The predicted molar refractivity (Wildman–Crippen MR) is 231 cm³/mol. The van der Waals surface area contributed by atoms with E-state index in [1.165, 1.54) is 0 Å². The van der Waals surface area contributed by atoms with E-state index in [4.69, 9.17) is 14.4 Å². The van der Waals surface area contributed by atoms with Crippen LogP contribution in [0, 0.1) is 31.0 Å². The van der Waals surface area contributed by atoms with Gasteiger partial charge in [-0.15, -0.1) is 0 Å². The van der Waals surface area contributed by atoms with Gasteiger partial charge in [0.25, 0.3) is 5.91 Å². The molecule has 1 amide bonds. The number of aromatic amines is 1. The van der Waals surface area contributed by atoms with Gasteiger partial charge >= 0.3 is 11.4 Å². The van der Waals surface area contributed by atoms with E-state index >= 15 is 9.18 Å². The molecule has 16 heteroatoms. The van der Waals surface area contributed by atoms with Crippen LogP contribution in [0.25, 0.3) is 28.8 Å². The van der Waals surface area contributed by atoms with Crippen LogP contribution in [0.3, 0.4) is 0 Å². The zero-order valence-electron chi connectivity index (χ0n) is 36.2. The molecule has 1 aliphatic carbocycles. The number of rotatable bonds is 7. The van der Waals surface area contributed by atoms with Gasteiger partial charge in [0.1, 0.15) is 11.6 Å². The average Bonchev–Trinajstić information content (AvgIpc) is 3.77. The fourth-order valence-corrected chi connectivity index (χ4v) is 10.8. The lowest BCUT2D eigenvalue weighted by molar-refractivity contribution is -0.0917. The Kier molecular flexibility index (Phi) is 8.56. The fraction of sp³-hybridized carbons (Fsp3) is 0.404. The second-order valence-electron chi connectivity index (χ2n) is 18.9. The maximum atomic E-state index is 15.5. The van der Waals surface area contributed by atoms with Crippen molar-refractivity contribution in [2.75, 3.05) is 13.2 Å². The number of allylic oxidation sites excluding steroid dienone is 1. The number of amides is 1. The van der Waals surface area contributed by atoms with Gasteiger partial charge in [-0.25, -0.2) is 23.6 Å². The van der Waals surface area contributed by atoms with E-state index in [2.05, 4.69) is 52.6 Å². The Labute approximate surface area is 361 Å². The molecule has 11 rings (SSSR count). The van der Waals surface area contributed by atoms with Gasteiger partial charge in [0, 0.05) is 73.1 Å². The third-order valence-electron chi connectivity index (χ3n) is 14.3. The minimum atomic E-state index is -0.703. The van der Waals surface area contributed by atoms with Crippen LogP contribution in [0.2, 0.25) is 0 Å². The highest BCUT2D eigenvalue weighted by Crippen LogP contribution is 2.56. The third kappa shape index (κ3) is 6.08. The first-order chi connectivity index (χ1) is 30.1. The number of hydrogen-bond donors (Lipinski definition) is 1. The molecule has 1 unspecified atom stereocenters. The highest BCUT2D eigenvalue weighted by atomic mass is 19.1. The van der Waals surface area contributed by atoms with E-state index in [9.17, 15) is 9.59 Å². The summed E-state index contributed by atoms with van der Waals surface area (Å²) in [4.78, 5) is 51.4. The molecule has 0 radical (unpaired) electrons. The number of imidazole rings is 2. The van der Waals surface area contributed by atoms with E-state index in [1.54, 1.807) is 64.7 Å².